The van der Waals surface area contributed by atoms with Crippen molar-refractivity contribution < 1.29 is 18.1 Å². The fraction of sp³-hybridized carbons (Fsp3) is 0.923. The van der Waals surface area contributed by atoms with Crippen LogP contribution in [0.5, 0.6) is 0 Å². The minimum absolute atomic E-state index is 0.437. The van der Waals surface area contributed by atoms with E-state index in [0.717, 1.165) is 11.8 Å². The summed E-state index contributed by atoms with van der Waals surface area (Å²) in [7, 11) is 2.58. The zero-order valence-corrected chi connectivity index (χ0v) is 13.2. The molecule has 3 atom stereocenters. The Morgan fingerprint density at radius 3 is 1.78 bits per heavy atom. The summed E-state index contributed by atoms with van der Waals surface area (Å²) >= 11 is 0. The van der Waals surface area contributed by atoms with Crippen LogP contribution in [0.3, 0.4) is 0 Å². The number of ketones is 1. The van der Waals surface area contributed by atoms with E-state index in [1.165, 1.54) is 25.7 Å². The van der Waals surface area contributed by atoms with Crippen molar-refractivity contribution in [2.75, 3.05) is 21.3 Å². The summed E-state index contributed by atoms with van der Waals surface area (Å²) in [6, 6.07) is 0. The molecule has 0 aromatic rings. The summed E-state index contributed by atoms with van der Waals surface area (Å²) < 4.78 is 14.8. The Balaban J connectivity index is 0.000000187. The van der Waals surface area contributed by atoms with Crippen molar-refractivity contribution in [3.05, 3.63) is 0 Å². The lowest BCUT2D eigenvalue weighted by atomic mass is 9.86. The van der Waals surface area contributed by atoms with E-state index in [-0.39, 0.29) is 0 Å². The first-order valence-corrected chi connectivity index (χ1v) is 8.84. The van der Waals surface area contributed by atoms with Gasteiger partial charge in [0.15, 0.2) is 0 Å². The van der Waals surface area contributed by atoms with Gasteiger partial charge in [-0.3, -0.25) is 4.79 Å². The Kier molecular flexibility index (Phi) is 5.97. The van der Waals surface area contributed by atoms with E-state index in [4.69, 9.17) is 13.3 Å². The van der Waals surface area contributed by atoms with Crippen molar-refractivity contribution in [3.63, 3.8) is 0 Å². The molecule has 2 fully saturated rings. The summed E-state index contributed by atoms with van der Waals surface area (Å²) in [5.74, 6) is 2.59. The van der Waals surface area contributed by atoms with Crippen molar-refractivity contribution in [2.24, 2.45) is 17.8 Å². The van der Waals surface area contributed by atoms with Crippen molar-refractivity contribution in [1.29, 1.82) is 0 Å². The Hall–Kier alpha value is -0.233. The topological polar surface area (TPSA) is 44.8 Å². The number of fused-ring (bicyclic) bond motifs is 2. The average Bonchev–Trinajstić information content (AvgIpc) is 3.01. The molecule has 0 aliphatic heterocycles. The molecule has 0 N–H and O–H groups in total. The van der Waals surface area contributed by atoms with Gasteiger partial charge in [0.25, 0.3) is 0 Å². The molecule has 0 aromatic heterocycles. The molecule has 2 rings (SSSR count). The maximum Gasteiger partial charge on any atom is 0.496 e. The largest absolute Gasteiger partial charge is 0.496 e. The van der Waals surface area contributed by atoms with E-state index in [2.05, 4.69) is 0 Å². The van der Waals surface area contributed by atoms with Crippen molar-refractivity contribution in [2.45, 2.75) is 39.2 Å². The third kappa shape index (κ3) is 3.88. The van der Waals surface area contributed by atoms with Crippen LogP contribution in [0.2, 0.25) is 6.55 Å². The molecule has 0 spiro atoms. The van der Waals surface area contributed by atoms with Crippen LogP contribution in [0, 0.1) is 17.8 Å². The van der Waals surface area contributed by atoms with Crippen LogP contribution in [0.15, 0.2) is 0 Å². The maximum atomic E-state index is 11.0. The van der Waals surface area contributed by atoms with E-state index in [0.29, 0.717) is 11.7 Å². The van der Waals surface area contributed by atoms with Gasteiger partial charge in [-0.1, -0.05) is 6.42 Å². The highest BCUT2D eigenvalue weighted by Crippen LogP contribution is 2.48. The number of carbonyl (C=O) groups excluding carboxylic acids is 1. The van der Waals surface area contributed by atoms with Gasteiger partial charge in [0.1, 0.15) is 5.78 Å². The Bertz CT molecular complexity index is 270. The Morgan fingerprint density at radius 1 is 1.06 bits per heavy atom. The first kappa shape index (κ1) is 15.8. The average molecular weight is 274 g/mol. The summed E-state index contributed by atoms with van der Waals surface area (Å²) in [5.41, 5.74) is 0. The van der Waals surface area contributed by atoms with Crippen LogP contribution >= 0.6 is 0 Å². The zero-order valence-electron chi connectivity index (χ0n) is 12.2. The van der Waals surface area contributed by atoms with Crippen LogP contribution in [-0.4, -0.2) is 35.9 Å². The van der Waals surface area contributed by atoms with Gasteiger partial charge >= 0.3 is 8.80 Å². The molecule has 18 heavy (non-hydrogen) atoms. The Morgan fingerprint density at radius 2 is 1.61 bits per heavy atom. The van der Waals surface area contributed by atoms with Crippen LogP contribution in [0.25, 0.3) is 0 Å². The number of hydrogen-bond acceptors (Lipinski definition) is 4. The van der Waals surface area contributed by atoms with Gasteiger partial charge in [-0.05, 0) is 38.0 Å². The first-order chi connectivity index (χ1) is 8.45. The quantitative estimate of drug-likeness (QED) is 0.739. The van der Waals surface area contributed by atoms with Crippen LogP contribution in [-0.2, 0) is 18.1 Å². The molecule has 0 radical (unpaired) electrons. The normalized spacial score (nSPS) is 29.9. The molecule has 0 saturated heterocycles. The molecule has 0 aromatic carbocycles. The van der Waals surface area contributed by atoms with Gasteiger partial charge in [-0.2, -0.15) is 0 Å². The Labute approximate surface area is 111 Å². The van der Waals surface area contributed by atoms with Crippen LogP contribution < -0.4 is 0 Å². The van der Waals surface area contributed by atoms with E-state index in [1.807, 2.05) is 6.55 Å². The summed E-state index contributed by atoms with van der Waals surface area (Å²) in [5, 5.41) is 0. The highest BCUT2D eigenvalue weighted by molar-refractivity contribution is 6.58. The molecule has 4 nitrogen and oxygen atoms in total. The molecule has 2 aliphatic rings. The molecule has 0 amide bonds. The maximum absolute atomic E-state index is 11.0. The van der Waals surface area contributed by atoms with Crippen LogP contribution in [0.1, 0.15) is 32.6 Å². The summed E-state index contributed by atoms with van der Waals surface area (Å²) in [6.07, 6.45) is 5.29. The van der Waals surface area contributed by atoms with Crippen molar-refractivity contribution in [1.82, 2.24) is 0 Å². The van der Waals surface area contributed by atoms with E-state index in [1.54, 1.807) is 28.3 Å². The van der Waals surface area contributed by atoms with Gasteiger partial charge in [0, 0.05) is 33.8 Å². The lowest BCUT2D eigenvalue weighted by molar-refractivity contribution is -0.122. The number of rotatable bonds is 4. The predicted octanol–water partition coefficient (Wildman–Crippen LogP) is 2.51. The zero-order chi connectivity index (χ0) is 13.8. The van der Waals surface area contributed by atoms with E-state index < -0.39 is 8.80 Å². The molecule has 2 aliphatic carbocycles. The predicted molar refractivity (Wildman–Crippen MR) is 72.3 cm³/mol. The lowest BCUT2D eigenvalue weighted by Crippen LogP contribution is -2.38. The second kappa shape index (κ2) is 6.80. The fourth-order valence-electron chi connectivity index (χ4n) is 2.99. The minimum atomic E-state index is -2.17. The first-order valence-electron chi connectivity index (χ1n) is 6.61. The van der Waals surface area contributed by atoms with Crippen LogP contribution in [0.4, 0.5) is 0 Å². The number of Topliss-reactive ketones (excluding diaryl/α,β-unsaturated/α-hetero) is 1. The molecule has 2 bridgehead atoms. The fourth-order valence-corrected chi connectivity index (χ4v) is 3.49. The second-order valence-electron chi connectivity index (χ2n) is 5.37. The molecule has 3 unspecified atom stereocenters. The van der Waals surface area contributed by atoms with Crippen molar-refractivity contribution in [3.8, 4) is 0 Å². The minimum Gasteiger partial charge on any atom is -0.377 e. The molecule has 106 valence electrons. The van der Waals surface area contributed by atoms with Crippen molar-refractivity contribution >= 4 is 14.6 Å². The third-order valence-corrected chi connectivity index (χ3v) is 6.60. The standard InChI is InChI=1S/C9H14O.C4H12O3Si/c1-6(10)9-5-7-2-3-8(9)4-7;1-5-8(4,6-2)7-3/h7-9H,2-5H2,1H3;1-4H3. The smallest absolute Gasteiger partial charge is 0.377 e. The SMILES string of the molecule is CC(=O)C1CC2CCC1C2.CO[Si](C)(OC)OC. The molecule has 2 saturated carbocycles. The highest BCUT2D eigenvalue weighted by atomic mass is 28.4. The van der Waals surface area contributed by atoms with E-state index >= 15 is 0 Å². The van der Waals surface area contributed by atoms with Gasteiger partial charge in [0.2, 0.25) is 0 Å². The summed E-state index contributed by atoms with van der Waals surface area (Å²) in [6.45, 7) is 3.58. The third-order valence-electron chi connectivity index (χ3n) is 4.37. The molecule has 5 heteroatoms. The lowest BCUT2D eigenvalue weighted by Gasteiger charge is -2.18. The van der Waals surface area contributed by atoms with E-state index in [9.17, 15) is 4.79 Å². The van der Waals surface area contributed by atoms with Gasteiger partial charge < -0.3 is 13.3 Å². The second-order valence-corrected chi connectivity index (χ2v) is 8.32. The molecular formula is C13H26O4Si. The number of carbonyl (C=O) groups is 1. The van der Waals surface area contributed by atoms with Gasteiger partial charge in [0.05, 0.1) is 0 Å². The number of hydrogen-bond donors (Lipinski definition) is 0. The summed E-state index contributed by atoms with van der Waals surface area (Å²) in [4.78, 5) is 11.0. The highest BCUT2D eigenvalue weighted by Gasteiger charge is 2.41. The van der Waals surface area contributed by atoms with Gasteiger partial charge in [-0.15, -0.1) is 0 Å². The monoisotopic (exact) mass is 274 g/mol. The van der Waals surface area contributed by atoms with Gasteiger partial charge in [-0.25, -0.2) is 0 Å². The molecular weight excluding hydrogens is 248 g/mol. The molecule has 0 heterocycles.